The Balaban J connectivity index is 1.30. The molecular weight excluding hydrogens is 649 g/mol. The number of hydrogen-bond donors (Lipinski definition) is 0. The molecule has 0 aromatic heterocycles. The van der Waals surface area contributed by atoms with Gasteiger partial charge in [0.2, 0.25) is 0 Å². The molecule has 0 nitrogen and oxygen atoms in total. The molecule has 9 aromatic rings. The molecule has 2 aliphatic carbocycles. The zero-order valence-electron chi connectivity index (χ0n) is 31.2. The fourth-order valence-electron chi connectivity index (χ4n) is 10.0. The molecule has 0 heteroatoms. The molecule has 2 aliphatic rings. The lowest BCUT2D eigenvalue weighted by Gasteiger charge is -2.25. The molecule has 0 bridgehead atoms. The van der Waals surface area contributed by atoms with E-state index < -0.39 is 0 Å². The summed E-state index contributed by atoms with van der Waals surface area (Å²) in [6.07, 6.45) is 0. The van der Waals surface area contributed by atoms with Crippen LogP contribution in [0.25, 0.3) is 88.0 Å². The molecule has 54 heavy (non-hydrogen) atoms. The van der Waals surface area contributed by atoms with Crippen LogP contribution in [-0.2, 0) is 10.8 Å². The van der Waals surface area contributed by atoms with E-state index in [0.717, 1.165) is 0 Å². The number of hydrogen-bond acceptors (Lipinski definition) is 0. The van der Waals surface area contributed by atoms with E-state index in [9.17, 15) is 0 Å². The van der Waals surface area contributed by atoms with Crippen LogP contribution < -0.4 is 0 Å². The Morgan fingerprint density at radius 2 is 0.759 bits per heavy atom. The molecule has 0 atom stereocenters. The summed E-state index contributed by atoms with van der Waals surface area (Å²) in [6.45, 7) is 9.62. The van der Waals surface area contributed by atoms with Crippen LogP contribution >= 0.6 is 0 Å². The number of benzene rings is 9. The second-order valence-electron chi connectivity index (χ2n) is 16.5. The zero-order valence-corrected chi connectivity index (χ0v) is 31.2. The average molecular weight is 689 g/mol. The van der Waals surface area contributed by atoms with Gasteiger partial charge in [0, 0.05) is 10.8 Å². The molecule has 0 N–H and O–H groups in total. The molecule has 9 aromatic carbocycles. The van der Waals surface area contributed by atoms with Gasteiger partial charge in [0.05, 0.1) is 0 Å². The van der Waals surface area contributed by atoms with Gasteiger partial charge in [0.1, 0.15) is 0 Å². The first-order chi connectivity index (χ1) is 26.3. The van der Waals surface area contributed by atoms with Crippen LogP contribution in [0, 0.1) is 0 Å². The predicted octanol–water partition coefficient (Wildman–Crippen LogP) is 14.8. The highest BCUT2D eigenvalue weighted by Gasteiger charge is 2.38. The maximum Gasteiger partial charge on any atom is 0.0159 e. The lowest BCUT2D eigenvalue weighted by molar-refractivity contribution is 0.661. The highest BCUT2D eigenvalue weighted by atomic mass is 14.4. The summed E-state index contributed by atoms with van der Waals surface area (Å²) in [5.41, 5.74) is 18.4. The normalized spacial score (nSPS) is 14.6. The van der Waals surface area contributed by atoms with Crippen molar-refractivity contribution >= 4 is 32.3 Å². The lowest BCUT2D eigenvalue weighted by Crippen LogP contribution is -2.15. The van der Waals surface area contributed by atoms with E-state index in [1.165, 1.54) is 110 Å². The Kier molecular flexibility index (Phi) is 6.46. The molecule has 0 spiro atoms. The summed E-state index contributed by atoms with van der Waals surface area (Å²) >= 11 is 0. The molecule has 0 aliphatic heterocycles. The van der Waals surface area contributed by atoms with Gasteiger partial charge in [-0.15, -0.1) is 0 Å². The van der Waals surface area contributed by atoms with Crippen molar-refractivity contribution < 1.29 is 0 Å². The van der Waals surface area contributed by atoms with E-state index in [1.54, 1.807) is 0 Å². The van der Waals surface area contributed by atoms with Crippen LogP contribution in [0.4, 0.5) is 0 Å². The van der Waals surface area contributed by atoms with Gasteiger partial charge < -0.3 is 0 Å². The van der Waals surface area contributed by atoms with Crippen molar-refractivity contribution in [3.05, 3.63) is 192 Å². The average Bonchev–Trinajstić information content (AvgIpc) is 3.57. The van der Waals surface area contributed by atoms with Gasteiger partial charge in [0.15, 0.2) is 0 Å². The van der Waals surface area contributed by atoms with E-state index in [2.05, 4.69) is 198 Å². The molecule has 0 amide bonds. The maximum absolute atomic E-state index is 2.56. The first-order valence-corrected chi connectivity index (χ1v) is 19.3. The third-order valence-corrected chi connectivity index (χ3v) is 12.8. The standard InChI is InChI=1S/C54H40/c1-53(2)47-22-14-13-21-39(47)41-29-43-45(31-49(41)53)51(35-18-9-6-10-19-35)46-32-50-42(30-44(46)52(43)38-24-23-34-17-11-12-20-36(34)27-38)40-26-25-37(28-48(40)54(50,3)4)33-15-7-5-8-16-33/h5-32H,1-4H3. The van der Waals surface area contributed by atoms with Crippen LogP contribution in [0.5, 0.6) is 0 Å². The van der Waals surface area contributed by atoms with Gasteiger partial charge in [-0.05, 0) is 147 Å². The molecule has 0 fully saturated rings. The van der Waals surface area contributed by atoms with Gasteiger partial charge in [-0.25, -0.2) is 0 Å². The van der Waals surface area contributed by atoms with Crippen molar-refractivity contribution in [3.63, 3.8) is 0 Å². The molecule has 0 radical (unpaired) electrons. The third-order valence-electron chi connectivity index (χ3n) is 12.8. The molecule has 0 heterocycles. The number of rotatable bonds is 3. The molecule has 11 rings (SSSR count). The fraction of sp³-hybridized carbons (Fsp3) is 0.111. The SMILES string of the molecule is CC1(C)c2ccccc2-c2cc3c(-c4ccc5ccccc5c4)c4cc5c(cc4c(-c4ccccc4)c3cc21)C(C)(C)c1cc(-c2ccccc2)ccc1-5. The van der Waals surface area contributed by atoms with Gasteiger partial charge >= 0.3 is 0 Å². The van der Waals surface area contributed by atoms with Gasteiger partial charge in [-0.2, -0.15) is 0 Å². The molecule has 256 valence electrons. The summed E-state index contributed by atoms with van der Waals surface area (Å²) in [7, 11) is 0. The van der Waals surface area contributed by atoms with E-state index in [4.69, 9.17) is 0 Å². The van der Waals surface area contributed by atoms with Crippen molar-refractivity contribution in [2.75, 3.05) is 0 Å². The Labute approximate surface area is 317 Å². The summed E-state index contributed by atoms with van der Waals surface area (Å²) in [6, 6.07) is 64.1. The van der Waals surface area contributed by atoms with Gasteiger partial charge in [-0.1, -0.05) is 161 Å². The minimum atomic E-state index is -0.169. The molecule has 0 saturated carbocycles. The van der Waals surface area contributed by atoms with Crippen LogP contribution in [0.3, 0.4) is 0 Å². The second-order valence-corrected chi connectivity index (χ2v) is 16.5. The minimum Gasteiger partial charge on any atom is -0.0622 e. The Morgan fingerprint density at radius 1 is 0.278 bits per heavy atom. The molecule has 0 unspecified atom stereocenters. The van der Waals surface area contributed by atoms with Crippen LogP contribution in [0.1, 0.15) is 49.9 Å². The Hall–Kier alpha value is -6.24. The first-order valence-electron chi connectivity index (χ1n) is 19.3. The summed E-state index contributed by atoms with van der Waals surface area (Å²) in [4.78, 5) is 0. The van der Waals surface area contributed by atoms with Crippen molar-refractivity contribution in [2.24, 2.45) is 0 Å². The predicted molar refractivity (Wildman–Crippen MR) is 230 cm³/mol. The molecule has 0 saturated heterocycles. The smallest absolute Gasteiger partial charge is 0.0159 e. The fourth-order valence-corrected chi connectivity index (χ4v) is 10.0. The van der Waals surface area contributed by atoms with Crippen molar-refractivity contribution in [1.82, 2.24) is 0 Å². The monoisotopic (exact) mass is 688 g/mol. The Morgan fingerprint density at radius 3 is 1.44 bits per heavy atom. The zero-order chi connectivity index (χ0) is 36.3. The first kappa shape index (κ1) is 31.3. The summed E-state index contributed by atoms with van der Waals surface area (Å²) in [5, 5.41) is 7.76. The summed E-state index contributed by atoms with van der Waals surface area (Å²) in [5.74, 6) is 0. The van der Waals surface area contributed by atoms with Crippen molar-refractivity contribution in [1.29, 1.82) is 0 Å². The summed E-state index contributed by atoms with van der Waals surface area (Å²) < 4.78 is 0. The quantitative estimate of drug-likeness (QED) is 0.162. The van der Waals surface area contributed by atoms with Crippen molar-refractivity contribution in [3.8, 4) is 55.6 Å². The maximum atomic E-state index is 2.56. The van der Waals surface area contributed by atoms with Crippen molar-refractivity contribution in [2.45, 2.75) is 38.5 Å². The highest BCUT2D eigenvalue weighted by Crippen LogP contribution is 2.56. The minimum absolute atomic E-state index is 0.107. The topological polar surface area (TPSA) is 0 Å². The van der Waals surface area contributed by atoms with Crippen LogP contribution in [0.2, 0.25) is 0 Å². The van der Waals surface area contributed by atoms with E-state index in [-0.39, 0.29) is 10.8 Å². The van der Waals surface area contributed by atoms with Gasteiger partial charge in [-0.3, -0.25) is 0 Å². The van der Waals surface area contributed by atoms with Crippen LogP contribution in [-0.4, -0.2) is 0 Å². The second kappa shape index (κ2) is 11.1. The lowest BCUT2D eigenvalue weighted by atomic mass is 9.77. The largest absolute Gasteiger partial charge is 0.0622 e. The Bertz CT molecular complexity index is 3010. The van der Waals surface area contributed by atoms with E-state index >= 15 is 0 Å². The molecular formula is C54H40. The van der Waals surface area contributed by atoms with E-state index in [0.29, 0.717) is 0 Å². The van der Waals surface area contributed by atoms with Crippen LogP contribution in [0.15, 0.2) is 170 Å². The van der Waals surface area contributed by atoms with Gasteiger partial charge in [0.25, 0.3) is 0 Å². The third kappa shape index (κ3) is 4.32. The number of fused-ring (bicyclic) bond motifs is 9. The highest BCUT2D eigenvalue weighted by molar-refractivity contribution is 6.24. The van der Waals surface area contributed by atoms with E-state index in [1.807, 2.05) is 0 Å².